The Labute approximate surface area is 102 Å². The van der Waals surface area contributed by atoms with Crippen molar-refractivity contribution in [2.45, 2.75) is 31.6 Å². The van der Waals surface area contributed by atoms with Crippen LogP contribution in [0.15, 0.2) is 24.3 Å². The lowest BCUT2D eigenvalue weighted by Crippen LogP contribution is -2.41. The van der Waals surface area contributed by atoms with Crippen LogP contribution >= 0.6 is 0 Å². The van der Waals surface area contributed by atoms with Gasteiger partial charge in [0.2, 0.25) is 0 Å². The van der Waals surface area contributed by atoms with Gasteiger partial charge in [-0.05, 0) is 30.5 Å². The normalized spacial score (nSPS) is 27.9. The zero-order valence-electron chi connectivity index (χ0n) is 9.80. The summed E-state index contributed by atoms with van der Waals surface area (Å²) in [5.74, 6) is 0. The Morgan fingerprint density at radius 2 is 2.06 bits per heavy atom. The van der Waals surface area contributed by atoms with Crippen molar-refractivity contribution >= 4 is 0 Å². The molecule has 0 saturated carbocycles. The second-order valence-corrected chi connectivity index (χ2v) is 4.96. The van der Waals surface area contributed by atoms with Crippen LogP contribution in [0.25, 0.3) is 0 Å². The van der Waals surface area contributed by atoms with Crippen LogP contribution in [0.5, 0.6) is 0 Å². The molecule has 0 spiro atoms. The van der Waals surface area contributed by atoms with Gasteiger partial charge in [-0.15, -0.1) is 0 Å². The predicted octanol–water partition coefficient (Wildman–Crippen LogP) is 1.92. The van der Waals surface area contributed by atoms with Crippen molar-refractivity contribution in [3.8, 4) is 6.07 Å². The van der Waals surface area contributed by atoms with E-state index in [4.69, 9.17) is 10.00 Å². The monoisotopic (exact) mass is 228 g/mol. The average Bonchev–Trinajstić information content (AvgIpc) is 2.69. The molecule has 3 nitrogen and oxygen atoms in total. The summed E-state index contributed by atoms with van der Waals surface area (Å²) in [6.45, 7) is 3.01. The van der Waals surface area contributed by atoms with Gasteiger partial charge in [-0.25, -0.2) is 0 Å². The Kier molecular flexibility index (Phi) is 2.84. The van der Waals surface area contributed by atoms with Crippen LogP contribution in [0.3, 0.4) is 0 Å². The number of nitriles is 1. The van der Waals surface area contributed by atoms with E-state index in [2.05, 4.69) is 17.0 Å². The van der Waals surface area contributed by atoms with Gasteiger partial charge in [0, 0.05) is 19.6 Å². The maximum absolute atomic E-state index is 8.88. The quantitative estimate of drug-likeness (QED) is 0.776. The van der Waals surface area contributed by atoms with Crippen LogP contribution in [0.1, 0.15) is 24.0 Å². The standard InChI is InChI=1S/C14H16N2O/c15-7-11-2-1-3-12(6-11)8-16-9-13-4-5-14(10-16)17-13/h1-3,6,13-14H,4-5,8-10H2. The van der Waals surface area contributed by atoms with Crippen molar-refractivity contribution in [1.82, 2.24) is 4.90 Å². The minimum absolute atomic E-state index is 0.438. The predicted molar refractivity (Wildman–Crippen MR) is 64.3 cm³/mol. The summed E-state index contributed by atoms with van der Waals surface area (Å²) in [5, 5.41) is 8.88. The highest BCUT2D eigenvalue weighted by atomic mass is 16.5. The molecule has 0 aromatic heterocycles. The molecule has 1 aromatic rings. The third-order valence-electron chi connectivity index (χ3n) is 3.58. The Morgan fingerprint density at radius 1 is 1.29 bits per heavy atom. The molecule has 2 saturated heterocycles. The molecule has 2 fully saturated rings. The number of hydrogen-bond acceptors (Lipinski definition) is 3. The second kappa shape index (κ2) is 4.48. The van der Waals surface area contributed by atoms with Gasteiger partial charge in [0.25, 0.3) is 0 Å². The highest BCUT2D eigenvalue weighted by Gasteiger charge is 2.33. The van der Waals surface area contributed by atoms with E-state index in [1.165, 1.54) is 18.4 Å². The molecule has 3 rings (SSSR count). The molecule has 2 bridgehead atoms. The molecule has 88 valence electrons. The minimum atomic E-state index is 0.438. The first kappa shape index (κ1) is 10.8. The van der Waals surface area contributed by atoms with E-state index in [9.17, 15) is 0 Å². The number of likely N-dealkylation sites (tertiary alicyclic amines) is 1. The van der Waals surface area contributed by atoms with Crippen LogP contribution in [0.2, 0.25) is 0 Å². The van der Waals surface area contributed by atoms with E-state index in [0.29, 0.717) is 12.2 Å². The molecular weight excluding hydrogens is 212 g/mol. The summed E-state index contributed by atoms with van der Waals surface area (Å²) in [6, 6.07) is 10.1. The largest absolute Gasteiger partial charge is 0.372 e. The minimum Gasteiger partial charge on any atom is -0.372 e. The molecule has 2 atom stereocenters. The third kappa shape index (κ3) is 2.33. The molecule has 2 heterocycles. The second-order valence-electron chi connectivity index (χ2n) is 4.96. The summed E-state index contributed by atoms with van der Waals surface area (Å²) in [7, 11) is 0. The van der Waals surface area contributed by atoms with Crippen molar-refractivity contribution in [2.24, 2.45) is 0 Å². The molecular formula is C14H16N2O. The zero-order chi connectivity index (χ0) is 11.7. The zero-order valence-corrected chi connectivity index (χ0v) is 9.80. The van der Waals surface area contributed by atoms with Gasteiger partial charge in [0.05, 0.1) is 23.8 Å². The maximum atomic E-state index is 8.88. The van der Waals surface area contributed by atoms with Crippen molar-refractivity contribution < 1.29 is 4.74 Å². The van der Waals surface area contributed by atoms with Gasteiger partial charge in [-0.3, -0.25) is 4.90 Å². The fraction of sp³-hybridized carbons (Fsp3) is 0.500. The fourth-order valence-corrected chi connectivity index (χ4v) is 2.83. The van der Waals surface area contributed by atoms with Crippen LogP contribution in [0.4, 0.5) is 0 Å². The molecule has 0 N–H and O–H groups in total. The Morgan fingerprint density at radius 3 is 2.76 bits per heavy atom. The molecule has 0 aliphatic carbocycles. The number of fused-ring (bicyclic) bond motifs is 2. The number of ether oxygens (including phenoxy) is 1. The summed E-state index contributed by atoms with van der Waals surface area (Å²) >= 11 is 0. The number of hydrogen-bond donors (Lipinski definition) is 0. The van der Waals surface area contributed by atoms with Gasteiger partial charge in [0.1, 0.15) is 0 Å². The maximum Gasteiger partial charge on any atom is 0.0991 e. The Balaban J connectivity index is 1.68. The van der Waals surface area contributed by atoms with Crippen LogP contribution < -0.4 is 0 Å². The SMILES string of the molecule is N#Cc1cccc(CN2CC3CCC(C2)O3)c1. The van der Waals surface area contributed by atoms with E-state index in [0.717, 1.165) is 25.2 Å². The first-order valence-corrected chi connectivity index (χ1v) is 6.20. The molecule has 0 amide bonds. The average molecular weight is 228 g/mol. The molecule has 1 aromatic carbocycles. The first-order valence-electron chi connectivity index (χ1n) is 6.20. The van der Waals surface area contributed by atoms with E-state index in [1.54, 1.807) is 0 Å². The summed E-state index contributed by atoms with van der Waals surface area (Å²) in [4.78, 5) is 2.45. The Bertz CT molecular complexity index is 440. The van der Waals surface area contributed by atoms with E-state index < -0.39 is 0 Å². The number of nitrogens with zero attached hydrogens (tertiary/aromatic N) is 2. The summed E-state index contributed by atoms with van der Waals surface area (Å²) in [5.41, 5.74) is 1.98. The highest BCUT2D eigenvalue weighted by molar-refractivity contribution is 5.32. The van der Waals surface area contributed by atoms with Crippen molar-refractivity contribution in [3.05, 3.63) is 35.4 Å². The highest BCUT2D eigenvalue weighted by Crippen LogP contribution is 2.27. The Hall–Kier alpha value is -1.37. The molecule has 17 heavy (non-hydrogen) atoms. The van der Waals surface area contributed by atoms with Crippen molar-refractivity contribution in [3.63, 3.8) is 0 Å². The molecule has 3 heteroatoms. The first-order chi connectivity index (χ1) is 8.33. The van der Waals surface area contributed by atoms with Crippen LogP contribution in [-0.4, -0.2) is 30.2 Å². The lowest BCUT2D eigenvalue weighted by atomic mass is 10.1. The topological polar surface area (TPSA) is 36.3 Å². The van der Waals surface area contributed by atoms with Gasteiger partial charge in [0.15, 0.2) is 0 Å². The third-order valence-corrected chi connectivity index (χ3v) is 3.58. The summed E-state index contributed by atoms with van der Waals surface area (Å²) < 4.78 is 5.82. The van der Waals surface area contributed by atoms with E-state index in [-0.39, 0.29) is 0 Å². The van der Waals surface area contributed by atoms with Gasteiger partial charge in [-0.2, -0.15) is 5.26 Å². The molecule has 0 radical (unpaired) electrons. The van der Waals surface area contributed by atoms with Crippen LogP contribution in [-0.2, 0) is 11.3 Å². The number of benzene rings is 1. The van der Waals surface area contributed by atoms with Crippen molar-refractivity contribution in [1.29, 1.82) is 5.26 Å². The number of rotatable bonds is 2. The van der Waals surface area contributed by atoms with Gasteiger partial charge >= 0.3 is 0 Å². The summed E-state index contributed by atoms with van der Waals surface area (Å²) in [6.07, 6.45) is 3.29. The molecule has 2 aliphatic rings. The smallest absolute Gasteiger partial charge is 0.0991 e. The van der Waals surface area contributed by atoms with E-state index >= 15 is 0 Å². The van der Waals surface area contributed by atoms with Crippen LogP contribution in [0, 0.1) is 11.3 Å². The van der Waals surface area contributed by atoms with E-state index in [1.807, 2.05) is 18.2 Å². The molecule has 2 unspecified atom stereocenters. The van der Waals surface area contributed by atoms with Crippen molar-refractivity contribution in [2.75, 3.05) is 13.1 Å². The lowest BCUT2D eigenvalue weighted by molar-refractivity contribution is -0.0410. The fourth-order valence-electron chi connectivity index (χ4n) is 2.83. The number of morpholine rings is 1. The molecule has 2 aliphatic heterocycles. The lowest BCUT2D eigenvalue weighted by Gasteiger charge is -2.32. The van der Waals surface area contributed by atoms with Gasteiger partial charge < -0.3 is 4.74 Å². The van der Waals surface area contributed by atoms with Gasteiger partial charge in [-0.1, -0.05) is 12.1 Å².